The summed E-state index contributed by atoms with van der Waals surface area (Å²) in [5, 5.41) is 12.7. The first-order valence-corrected chi connectivity index (χ1v) is 7.72. The van der Waals surface area contributed by atoms with Gasteiger partial charge in [0.15, 0.2) is 0 Å². The van der Waals surface area contributed by atoms with Gasteiger partial charge >= 0.3 is 5.97 Å². The molecule has 1 saturated carbocycles. The number of esters is 1. The fraction of sp³-hybridized carbons (Fsp3) is 0.625. The van der Waals surface area contributed by atoms with E-state index in [4.69, 9.17) is 4.74 Å². The number of rotatable bonds is 6. The molecule has 21 heavy (non-hydrogen) atoms. The molecule has 1 aromatic rings. The standard InChI is InChI=1S/C16H24N2O3/c1-2-21-16(20)13-7-8-15(18-10-13)17-9-12-5-3-4-6-14(12)11-19/h7-8,10,12,14,19H,2-6,9,11H2,1H3,(H,17,18). The van der Waals surface area contributed by atoms with Gasteiger partial charge in [0.05, 0.1) is 12.2 Å². The van der Waals surface area contributed by atoms with E-state index in [1.54, 1.807) is 19.1 Å². The molecule has 1 heterocycles. The summed E-state index contributed by atoms with van der Waals surface area (Å²) in [6.45, 7) is 3.23. The van der Waals surface area contributed by atoms with E-state index in [1.807, 2.05) is 0 Å². The number of nitrogens with one attached hydrogen (secondary N) is 1. The summed E-state index contributed by atoms with van der Waals surface area (Å²) >= 11 is 0. The molecular formula is C16H24N2O3. The van der Waals surface area contributed by atoms with Gasteiger partial charge in [-0.05, 0) is 43.7 Å². The molecule has 1 aliphatic rings. The minimum absolute atomic E-state index is 0.265. The van der Waals surface area contributed by atoms with Crippen LogP contribution in [0.1, 0.15) is 43.0 Å². The number of pyridine rings is 1. The summed E-state index contributed by atoms with van der Waals surface area (Å²) in [5.74, 6) is 1.30. The molecule has 2 N–H and O–H groups in total. The minimum atomic E-state index is -0.343. The van der Waals surface area contributed by atoms with Crippen LogP contribution >= 0.6 is 0 Å². The van der Waals surface area contributed by atoms with Gasteiger partial charge in [0.1, 0.15) is 5.82 Å². The van der Waals surface area contributed by atoms with Gasteiger partial charge < -0.3 is 15.2 Å². The molecule has 1 aliphatic carbocycles. The molecule has 0 saturated heterocycles. The third kappa shape index (κ3) is 4.43. The molecule has 0 bridgehead atoms. The van der Waals surface area contributed by atoms with Gasteiger partial charge in [-0.1, -0.05) is 12.8 Å². The van der Waals surface area contributed by atoms with Gasteiger partial charge in [-0.3, -0.25) is 0 Å². The van der Waals surface area contributed by atoms with Crippen LogP contribution < -0.4 is 5.32 Å². The molecule has 2 unspecified atom stereocenters. The lowest BCUT2D eigenvalue weighted by molar-refractivity contribution is 0.0526. The summed E-state index contributed by atoms with van der Waals surface area (Å²) in [6, 6.07) is 3.51. The second-order valence-corrected chi connectivity index (χ2v) is 5.52. The van der Waals surface area contributed by atoms with Crippen LogP contribution in [0.2, 0.25) is 0 Å². The van der Waals surface area contributed by atoms with E-state index in [2.05, 4.69) is 10.3 Å². The Balaban J connectivity index is 1.87. The predicted octanol–water partition coefficient (Wildman–Crippen LogP) is 2.47. The molecule has 2 atom stereocenters. The second kappa shape index (κ2) is 7.98. The maximum Gasteiger partial charge on any atom is 0.339 e. The van der Waals surface area contributed by atoms with Crippen molar-refractivity contribution in [3.05, 3.63) is 23.9 Å². The van der Waals surface area contributed by atoms with Crippen molar-refractivity contribution < 1.29 is 14.6 Å². The van der Waals surface area contributed by atoms with Gasteiger partial charge in [-0.2, -0.15) is 0 Å². The average Bonchev–Trinajstić information content (AvgIpc) is 2.54. The zero-order valence-corrected chi connectivity index (χ0v) is 12.5. The van der Waals surface area contributed by atoms with Crippen LogP contribution in [0.3, 0.4) is 0 Å². The van der Waals surface area contributed by atoms with E-state index in [0.29, 0.717) is 24.0 Å². The summed E-state index contributed by atoms with van der Waals surface area (Å²) in [4.78, 5) is 15.8. The molecule has 0 aromatic carbocycles. The number of carbonyl (C=O) groups is 1. The highest BCUT2D eigenvalue weighted by atomic mass is 16.5. The Morgan fingerprint density at radius 1 is 1.38 bits per heavy atom. The molecule has 116 valence electrons. The summed E-state index contributed by atoms with van der Waals surface area (Å²) in [7, 11) is 0. The second-order valence-electron chi connectivity index (χ2n) is 5.52. The van der Waals surface area contributed by atoms with Crippen LogP contribution in [0, 0.1) is 11.8 Å². The highest BCUT2D eigenvalue weighted by Gasteiger charge is 2.24. The van der Waals surface area contributed by atoms with Crippen molar-refractivity contribution in [3.8, 4) is 0 Å². The van der Waals surface area contributed by atoms with E-state index < -0.39 is 0 Å². The van der Waals surface area contributed by atoms with Crippen LogP contribution in [-0.4, -0.2) is 35.8 Å². The Hall–Kier alpha value is -1.62. The van der Waals surface area contributed by atoms with Crippen LogP contribution in [0.25, 0.3) is 0 Å². The third-order valence-electron chi connectivity index (χ3n) is 4.12. The monoisotopic (exact) mass is 292 g/mol. The van der Waals surface area contributed by atoms with Crippen LogP contribution in [0.4, 0.5) is 5.82 Å². The molecule has 5 nitrogen and oxygen atoms in total. The molecule has 0 spiro atoms. The van der Waals surface area contributed by atoms with E-state index in [1.165, 1.54) is 19.0 Å². The lowest BCUT2D eigenvalue weighted by Crippen LogP contribution is -2.28. The Labute approximate surface area is 125 Å². The highest BCUT2D eigenvalue weighted by Crippen LogP contribution is 2.29. The van der Waals surface area contributed by atoms with Gasteiger partial charge in [0, 0.05) is 19.3 Å². The number of ether oxygens (including phenoxy) is 1. The third-order valence-corrected chi connectivity index (χ3v) is 4.12. The van der Waals surface area contributed by atoms with E-state index in [0.717, 1.165) is 25.2 Å². The first kappa shape index (κ1) is 15.8. The fourth-order valence-electron chi connectivity index (χ4n) is 2.86. The van der Waals surface area contributed by atoms with Crippen molar-refractivity contribution in [1.82, 2.24) is 4.98 Å². The van der Waals surface area contributed by atoms with Crippen molar-refractivity contribution >= 4 is 11.8 Å². The van der Waals surface area contributed by atoms with Gasteiger partial charge in [0.25, 0.3) is 0 Å². The molecular weight excluding hydrogens is 268 g/mol. The van der Waals surface area contributed by atoms with Crippen LogP contribution in [0.15, 0.2) is 18.3 Å². The van der Waals surface area contributed by atoms with Crippen molar-refractivity contribution in [2.75, 3.05) is 25.1 Å². The molecule has 1 aromatic heterocycles. The molecule has 5 heteroatoms. The van der Waals surface area contributed by atoms with E-state index in [-0.39, 0.29) is 12.6 Å². The lowest BCUT2D eigenvalue weighted by Gasteiger charge is -2.30. The maximum atomic E-state index is 11.5. The number of anilines is 1. The largest absolute Gasteiger partial charge is 0.462 e. The number of carbonyl (C=O) groups excluding carboxylic acids is 1. The molecule has 0 amide bonds. The zero-order valence-electron chi connectivity index (χ0n) is 12.5. The Kier molecular flexibility index (Phi) is 5.99. The van der Waals surface area contributed by atoms with Crippen LogP contribution in [0.5, 0.6) is 0 Å². The van der Waals surface area contributed by atoms with Crippen molar-refractivity contribution in [1.29, 1.82) is 0 Å². The first-order chi connectivity index (χ1) is 10.2. The number of hydrogen-bond donors (Lipinski definition) is 2. The number of aliphatic hydroxyl groups excluding tert-OH is 1. The predicted molar refractivity (Wildman–Crippen MR) is 81.2 cm³/mol. The Morgan fingerprint density at radius 3 is 2.76 bits per heavy atom. The van der Waals surface area contributed by atoms with E-state index in [9.17, 15) is 9.90 Å². The quantitative estimate of drug-likeness (QED) is 0.788. The number of hydrogen-bond acceptors (Lipinski definition) is 5. The fourth-order valence-corrected chi connectivity index (χ4v) is 2.86. The molecule has 2 rings (SSSR count). The number of aliphatic hydroxyl groups is 1. The minimum Gasteiger partial charge on any atom is -0.462 e. The van der Waals surface area contributed by atoms with Gasteiger partial charge in [-0.15, -0.1) is 0 Å². The summed E-state index contributed by atoms with van der Waals surface area (Å²) in [5.41, 5.74) is 0.466. The van der Waals surface area contributed by atoms with E-state index >= 15 is 0 Å². The summed E-state index contributed by atoms with van der Waals surface area (Å²) < 4.78 is 4.92. The SMILES string of the molecule is CCOC(=O)c1ccc(NCC2CCCCC2CO)nc1. The Bertz CT molecular complexity index is 447. The number of aromatic nitrogens is 1. The summed E-state index contributed by atoms with van der Waals surface area (Å²) in [6.07, 6.45) is 6.24. The normalized spacial score (nSPS) is 21.8. The van der Waals surface area contributed by atoms with Crippen molar-refractivity contribution in [2.45, 2.75) is 32.6 Å². The van der Waals surface area contributed by atoms with Gasteiger partial charge in [-0.25, -0.2) is 9.78 Å². The van der Waals surface area contributed by atoms with Gasteiger partial charge in [0.2, 0.25) is 0 Å². The molecule has 0 aliphatic heterocycles. The van der Waals surface area contributed by atoms with Crippen LogP contribution in [-0.2, 0) is 4.74 Å². The highest BCUT2D eigenvalue weighted by molar-refractivity contribution is 5.89. The average molecular weight is 292 g/mol. The first-order valence-electron chi connectivity index (χ1n) is 7.72. The van der Waals surface area contributed by atoms with Crippen molar-refractivity contribution in [3.63, 3.8) is 0 Å². The Morgan fingerprint density at radius 2 is 2.14 bits per heavy atom. The zero-order chi connectivity index (χ0) is 15.1. The van der Waals surface area contributed by atoms with Crippen molar-refractivity contribution in [2.24, 2.45) is 11.8 Å². The maximum absolute atomic E-state index is 11.5. The molecule has 0 radical (unpaired) electrons. The lowest BCUT2D eigenvalue weighted by atomic mass is 9.79. The smallest absolute Gasteiger partial charge is 0.339 e. The number of nitrogens with zero attached hydrogens (tertiary/aromatic N) is 1. The topological polar surface area (TPSA) is 71.5 Å². The molecule has 1 fully saturated rings.